The summed E-state index contributed by atoms with van der Waals surface area (Å²) in [5.41, 5.74) is 0. The van der Waals surface area contributed by atoms with Crippen LogP contribution < -0.4 is 10.1 Å². The second kappa shape index (κ2) is 9.16. The van der Waals surface area contributed by atoms with Gasteiger partial charge in [-0.25, -0.2) is 4.39 Å². The lowest BCUT2D eigenvalue weighted by atomic mass is 10.1. The van der Waals surface area contributed by atoms with Crippen LogP contribution in [0.2, 0.25) is 0 Å². The average molecular weight is 303 g/mol. The molecule has 0 saturated carbocycles. The van der Waals surface area contributed by atoms with Gasteiger partial charge in [0.25, 0.3) is 0 Å². The monoisotopic (exact) mass is 302 g/mol. The Morgan fingerprint density at radius 2 is 2.10 bits per heavy atom. The Hall–Kier alpha value is -0.840. The van der Waals surface area contributed by atoms with Crippen molar-refractivity contribution in [1.29, 1.82) is 0 Å². The molecule has 1 aliphatic heterocycles. The maximum absolute atomic E-state index is 13.4. The molecule has 5 heteroatoms. The summed E-state index contributed by atoms with van der Waals surface area (Å²) in [4.78, 5) is 2.33. The first kappa shape index (κ1) is 17.2. The van der Waals surface area contributed by atoms with E-state index in [0.717, 1.165) is 19.6 Å². The van der Waals surface area contributed by atoms with Gasteiger partial charge in [-0.15, -0.1) is 12.4 Å². The second-order valence-corrected chi connectivity index (χ2v) is 5.09. The molecule has 20 heavy (non-hydrogen) atoms. The highest BCUT2D eigenvalue weighted by Gasteiger charge is 2.16. The lowest BCUT2D eigenvalue weighted by molar-refractivity contribution is 0.178. The minimum Gasteiger partial charge on any atom is -0.489 e. The molecule has 0 radical (unpaired) electrons. The molecule has 0 bridgehead atoms. The third kappa shape index (κ3) is 5.27. The topological polar surface area (TPSA) is 24.5 Å². The predicted molar refractivity (Wildman–Crippen MR) is 82.3 cm³/mol. The van der Waals surface area contributed by atoms with Gasteiger partial charge in [-0.05, 0) is 51.5 Å². The number of para-hydroxylation sites is 1. The molecule has 1 N–H and O–H groups in total. The van der Waals surface area contributed by atoms with Gasteiger partial charge in [-0.3, -0.25) is 4.90 Å². The van der Waals surface area contributed by atoms with Gasteiger partial charge >= 0.3 is 0 Å². The van der Waals surface area contributed by atoms with E-state index in [2.05, 4.69) is 17.3 Å². The maximum atomic E-state index is 13.4. The van der Waals surface area contributed by atoms with E-state index in [9.17, 15) is 4.39 Å². The molecule has 1 aliphatic rings. The fraction of sp³-hybridized carbons (Fsp3) is 0.600. The van der Waals surface area contributed by atoms with Crippen molar-refractivity contribution in [1.82, 2.24) is 10.2 Å². The number of hydrogen-bond donors (Lipinski definition) is 1. The van der Waals surface area contributed by atoms with Crippen molar-refractivity contribution in [2.24, 2.45) is 0 Å². The summed E-state index contributed by atoms with van der Waals surface area (Å²) in [6, 6.07) is 7.17. The third-order valence-electron chi connectivity index (χ3n) is 3.71. The highest BCUT2D eigenvalue weighted by atomic mass is 35.5. The zero-order valence-electron chi connectivity index (χ0n) is 12.0. The van der Waals surface area contributed by atoms with Gasteiger partial charge in [0, 0.05) is 12.6 Å². The predicted octanol–water partition coefficient (Wildman–Crippen LogP) is 2.70. The first-order valence-electron chi connectivity index (χ1n) is 7.05. The van der Waals surface area contributed by atoms with E-state index in [4.69, 9.17) is 4.74 Å². The third-order valence-corrected chi connectivity index (χ3v) is 3.71. The van der Waals surface area contributed by atoms with Crippen LogP contribution in [0, 0.1) is 5.82 Å². The normalized spacial score (nSPS) is 19.2. The van der Waals surface area contributed by atoms with Crippen molar-refractivity contribution in [2.75, 3.05) is 33.3 Å². The van der Waals surface area contributed by atoms with Crippen LogP contribution in [0.15, 0.2) is 24.3 Å². The highest BCUT2D eigenvalue weighted by molar-refractivity contribution is 5.85. The van der Waals surface area contributed by atoms with E-state index in [0.29, 0.717) is 18.4 Å². The smallest absolute Gasteiger partial charge is 0.165 e. The first-order valence-corrected chi connectivity index (χ1v) is 7.05. The minimum absolute atomic E-state index is 0. The van der Waals surface area contributed by atoms with Crippen LogP contribution >= 0.6 is 12.4 Å². The van der Waals surface area contributed by atoms with Gasteiger partial charge < -0.3 is 10.1 Å². The molecule has 0 aliphatic carbocycles. The molecular formula is C15H24ClFN2O. The molecule has 0 amide bonds. The molecular weight excluding hydrogens is 279 g/mol. The minimum atomic E-state index is -0.288. The molecule has 1 fully saturated rings. The van der Waals surface area contributed by atoms with Crippen molar-refractivity contribution < 1.29 is 9.13 Å². The van der Waals surface area contributed by atoms with Crippen LogP contribution in [0.25, 0.3) is 0 Å². The lowest BCUT2D eigenvalue weighted by Crippen LogP contribution is -2.35. The summed E-state index contributed by atoms with van der Waals surface area (Å²) in [5.74, 6) is 0.0576. The standard InChI is InChI=1S/C15H23FN2O.ClH/c1-18(13-5-4-9-17-10-8-13)11-12-19-15-7-3-2-6-14(15)16;/h2-3,6-7,13,17H,4-5,8-12H2,1H3;1H. The van der Waals surface area contributed by atoms with Crippen LogP contribution in [0.1, 0.15) is 19.3 Å². The summed E-state index contributed by atoms with van der Waals surface area (Å²) in [6.45, 7) is 3.57. The van der Waals surface area contributed by atoms with Crippen LogP contribution in [-0.4, -0.2) is 44.2 Å². The number of likely N-dealkylation sites (N-methyl/N-ethyl adjacent to an activating group) is 1. The molecule has 0 spiro atoms. The Labute approximate surface area is 126 Å². The van der Waals surface area contributed by atoms with Crippen molar-refractivity contribution in [3.8, 4) is 5.75 Å². The molecule has 1 aromatic carbocycles. The van der Waals surface area contributed by atoms with Crippen molar-refractivity contribution in [3.05, 3.63) is 30.1 Å². The van der Waals surface area contributed by atoms with Crippen molar-refractivity contribution in [2.45, 2.75) is 25.3 Å². The van der Waals surface area contributed by atoms with E-state index in [1.54, 1.807) is 18.2 Å². The molecule has 1 atom stereocenters. The SMILES string of the molecule is CN(CCOc1ccccc1F)C1CCCNCC1.Cl. The molecule has 2 rings (SSSR count). The Balaban J connectivity index is 0.00000200. The van der Waals surface area contributed by atoms with E-state index >= 15 is 0 Å². The van der Waals surface area contributed by atoms with Crippen LogP contribution in [0.3, 0.4) is 0 Å². The van der Waals surface area contributed by atoms with Crippen LogP contribution in [-0.2, 0) is 0 Å². The summed E-state index contributed by atoms with van der Waals surface area (Å²) in [6.07, 6.45) is 3.63. The van der Waals surface area contributed by atoms with Gasteiger partial charge in [0.05, 0.1) is 0 Å². The van der Waals surface area contributed by atoms with Crippen molar-refractivity contribution in [3.63, 3.8) is 0 Å². The summed E-state index contributed by atoms with van der Waals surface area (Å²) >= 11 is 0. The zero-order chi connectivity index (χ0) is 13.5. The Bertz CT molecular complexity index is 384. The summed E-state index contributed by atoms with van der Waals surface area (Å²) in [7, 11) is 2.13. The molecule has 1 heterocycles. The number of benzene rings is 1. The molecule has 1 saturated heterocycles. The first-order chi connectivity index (χ1) is 9.27. The average Bonchev–Trinajstić information content (AvgIpc) is 2.70. The molecule has 114 valence electrons. The number of nitrogens with one attached hydrogen (secondary N) is 1. The zero-order valence-corrected chi connectivity index (χ0v) is 12.8. The summed E-state index contributed by atoms with van der Waals surface area (Å²) < 4.78 is 18.9. The number of nitrogens with zero attached hydrogens (tertiary/aromatic N) is 1. The fourth-order valence-electron chi connectivity index (χ4n) is 2.49. The molecule has 3 nitrogen and oxygen atoms in total. The molecule has 0 aromatic heterocycles. The molecule has 1 unspecified atom stereocenters. The van der Waals surface area contributed by atoms with Gasteiger partial charge in [0.1, 0.15) is 6.61 Å². The lowest BCUT2D eigenvalue weighted by Gasteiger charge is -2.26. The van der Waals surface area contributed by atoms with Gasteiger partial charge in [0.15, 0.2) is 11.6 Å². The number of halogens is 2. The Morgan fingerprint density at radius 3 is 2.90 bits per heavy atom. The quantitative estimate of drug-likeness (QED) is 0.905. The fourth-order valence-corrected chi connectivity index (χ4v) is 2.49. The second-order valence-electron chi connectivity index (χ2n) is 5.09. The largest absolute Gasteiger partial charge is 0.489 e. The number of ether oxygens (including phenoxy) is 1. The van der Waals surface area contributed by atoms with Gasteiger partial charge in [-0.1, -0.05) is 12.1 Å². The van der Waals surface area contributed by atoms with E-state index in [1.165, 1.54) is 25.3 Å². The van der Waals surface area contributed by atoms with Crippen LogP contribution in [0.4, 0.5) is 4.39 Å². The highest BCUT2D eigenvalue weighted by Crippen LogP contribution is 2.16. The van der Waals surface area contributed by atoms with Gasteiger partial charge in [-0.2, -0.15) is 0 Å². The summed E-state index contributed by atoms with van der Waals surface area (Å²) in [5, 5.41) is 3.41. The molecule has 1 aromatic rings. The van der Waals surface area contributed by atoms with E-state index in [1.807, 2.05) is 0 Å². The number of rotatable bonds is 5. The van der Waals surface area contributed by atoms with E-state index < -0.39 is 0 Å². The van der Waals surface area contributed by atoms with Crippen molar-refractivity contribution >= 4 is 12.4 Å². The Morgan fingerprint density at radius 1 is 1.30 bits per heavy atom. The van der Waals surface area contributed by atoms with Crippen LogP contribution in [0.5, 0.6) is 5.75 Å². The Kier molecular flexibility index (Phi) is 7.88. The maximum Gasteiger partial charge on any atom is 0.165 e. The number of hydrogen-bond acceptors (Lipinski definition) is 3. The van der Waals surface area contributed by atoms with Gasteiger partial charge in [0.2, 0.25) is 0 Å². The van der Waals surface area contributed by atoms with E-state index in [-0.39, 0.29) is 18.2 Å².